The molecule has 7 heteroatoms. The Morgan fingerprint density at radius 3 is 2.67 bits per heavy atom. The van der Waals surface area contributed by atoms with E-state index in [0.717, 1.165) is 40.0 Å². The van der Waals surface area contributed by atoms with Crippen LogP contribution in [0, 0.1) is 0 Å². The van der Waals surface area contributed by atoms with E-state index in [4.69, 9.17) is 22.1 Å². The van der Waals surface area contributed by atoms with Crippen LogP contribution in [0.15, 0.2) is 60.0 Å². The van der Waals surface area contributed by atoms with Crippen LogP contribution in [0.3, 0.4) is 0 Å². The van der Waals surface area contributed by atoms with Gasteiger partial charge < -0.3 is 10.1 Å². The molecule has 4 rings (SSSR count). The number of rotatable bonds is 3. The summed E-state index contributed by atoms with van der Waals surface area (Å²) in [7, 11) is 3.47. The predicted molar refractivity (Wildman–Crippen MR) is 110 cm³/mol. The molecule has 0 saturated heterocycles. The highest BCUT2D eigenvalue weighted by Crippen LogP contribution is 2.35. The van der Waals surface area contributed by atoms with Gasteiger partial charge in [0, 0.05) is 31.4 Å². The topological polar surface area (TPSA) is 62.6 Å². The van der Waals surface area contributed by atoms with E-state index in [1.54, 1.807) is 19.5 Å². The lowest BCUT2D eigenvalue weighted by molar-refractivity contribution is 0.368. The molecular formula is C20H19N5OS. The fourth-order valence-corrected chi connectivity index (χ4v) is 3.46. The summed E-state index contributed by atoms with van der Waals surface area (Å²) in [4.78, 5) is 8.96. The Morgan fingerprint density at radius 2 is 1.93 bits per heavy atom. The lowest BCUT2D eigenvalue weighted by Gasteiger charge is -2.24. The number of methoxy groups -OCH3 is 1. The highest BCUT2D eigenvalue weighted by atomic mass is 32.1. The van der Waals surface area contributed by atoms with Crippen molar-refractivity contribution in [2.24, 2.45) is 5.10 Å². The van der Waals surface area contributed by atoms with Crippen molar-refractivity contribution in [3.05, 3.63) is 66.0 Å². The number of nitrogens with one attached hydrogen (secondary N) is 1. The van der Waals surface area contributed by atoms with E-state index in [0.29, 0.717) is 5.11 Å². The van der Waals surface area contributed by atoms with Gasteiger partial charge in [-0.15, -0.1) is 0 Å². The van der Waals surface area contributed by atoms with E-state index in [9.17, 15) is 0 Å². The van der Waals surface area contributed by atoms with Gasteiger partial charge in [-0.05, 0) is 48.1 Å². The summed E-state index contributed by atoms with van der Waals surface area (Å²) in [6.07, 6.45) is 4.15. The van der Waals surface area contributed by atoms with Crippen molar-refractivity contribution < 1.29 is 4.74 Å². The number of para-hydroxylation sites is 1. The zero-order chi connectivity index (χ0) is 18.8. The highest BCUT2D eigenvalue weighted by Gasteiger charge is 2.32. The lowest BCUT2D eigenvalue weighted by Crippen LogP contribution is -2.34. The fraction of sp³-hybridized carbons (Fsp3) is 0.200. The second-order valence-corrected chi connectivity index (χ2v) is 6.55. The van der Waals surface area contributed by atoms with E-state index >= 15 is 0 Å². The summed E-state index contributed by atoms with van der Waals surface area (Å²) < 4.78 is 5.25. The molecule has 0 amide bonds. The van der Waals surface area contributed by atoms with Crippen LogP contribution < -0.4 is 10.1 Å². The first-order chi connectivity index (χ1) is 13.2. The summed E-state index contributed by atoms with van der Waals surface area (Å²) in [5.74, 6) is 0.820. The van der Waals surface area contributed by atoms with Crippen molar-refractivity contribution in [1.82, 2.24) is 20.3 Å². The molecule has 0 saturated carbocycles. The summed E-state index contributed by atoms with van der Waals surface area (Å²) in [5, 5.41) is 10.3. The molecule has 1 aliphatic rings. The first-order valence-corrected chi connectivity index (χ1v) is 9.04. The standard InChI is InChI=1S/C20H19N5OS/c1-21-20(27)25-18(15-4-3-5-16-19(15)23-11-10-22-16)12-17(24-25)13-6-8-14(26-2)9-7-13/h3-11,18H,12H2,1-2H3,(H,21,27). The lowest BCUT2D eigenvalue weighted by atomic mass is 9.97. The summed E-state index contributed by atoms with van der Waals surface area (Å²) in [5.41, 5.74) is 4.82. The van der Waals surface area contributed by atoms with Crippen molar-refractivity contribution in [1.29, 1.82) is 0 Å². The summed E-state index contributed by atoms with van der Waals surface area (Å²) in [6, 6.07) is 13.9. The Kier molecular flexibility index (Phi) is 4.68. The van der Waals surface area contributed by atoms with Gasteiger partial charge in [0.1, 0.15) is 5.75 Å². The van der Waals surface area contributed by atoms with Gasteiger partial charge in [-0.2, -0.15) is 5.10 Å². The molecule has 1 N–H and O–H groups in total. The van der Waals surface area contributed by atoms with Gasteiger partial charge in [-0.3, -0.25) is 9.97 Å². The maximum atomic E-state index is 5.51. The monoisotopic (exact) mass is 377 g/mol. The fourth-order valence-electron chi connectivity index (χ4n) is 3.30. The average Bonchev–Trinajstić information content (AvgIpc) is 3.18. The van der Waals surface area contributed by atoms with Gasteiger partial charge in [0.25, 0.3) is 0 Å². The van der Waals surface area contributed by atoms with Crippen molar-refractivity contribution in [3.63, 3.8) is 0 Å². The zero-order valence-electron chi connectivity index (χ0n) is 15.1. The van der Waals surface area contributed by atoms with Crippen molar-refractivity contribution in [3.8, 4) is 5.75 Å². The molecule has 0 bridgehead atoms. The van der Waals surface area contributed by atoms with Crippen LogP contribution in [-0.2, 0) is 0 Å². The zero-order valence-corrected chi connectivity index (χ0v) is 15.9. The maximum Gasteiger partial charge on any atom is 0.189 e. The SMILES string of the molecule is CNC(=S)N1N=C(c2ccc(OC)cc2)CC1c1cccc2nccnc12. The van der Waals surface area contributed by atoms with Crippen molar-refractivity contribution in [2.45, 2.75) is 12.5 Å². The normalized spacial score (nSPS) is 16.3. The van der Waals surface area contributed by atoms with E-state index < -0.39 is 0 Å². The number of hydrazone groups is 1. The minimum absolute atomic E-state index is 0.0394. The smallest absolute Gasteiger partial charge is 0.189 e. The average molecular weight is 377 g/mol. The minimum atomic E-state index is -0.0394. The number of hydrogen-bond acceptors (Lipinski definition) is 5. The Bertz CT molecular complexity index is 1010. The number of ether oxygens (including phenoxy) is 1. The van der Waals surface area contributed by atoms with Gasteiger partial charge in [-0.1, -0.05) is 12.1 Å². The number of fused-ring (bicyclic) bond motifs is 1. The third-order valence-corrected chi connectivity index (χ3v) is 5.04. The second kappa shape index (κ2) is 7.28. The number of nitrogens with zero attached hydrogens (tertiary/aromatic N) is 4. The third kappa shape index (κ3) is 3.21. The Balaban J connectivity index is 1.75. The van der Waals surface area contributed by atoms with E-state index in [2.05, 4.69) is 21.4 Å². The van der Waals surface area contributed by atoms with Gasteiger partial charge >= 0.3 is 0 Å². The molecule has 1 aromatic heterocycles. The quantitative estimate of drug-likeness (QED) is 0.707. The Morgan fingerprint density at radius 1 is 1.15 bits per heavy atom. The van der Waals surface area contributed by atoms with Gasteiger partial charge in [-0.25, -0.2) is 5.01 Å². The first kappa shape index (κ1) is 17.4. The molecule has 0 aliphatic carbocycles. The molecule has 1 unspecified atom stereocenters. The van der Waals surface area contributed by atoms with Crippen LogP contribution in [0.5, 0.6) is 5.75 Å². The summed E-state index contributed by atoms with van der Waals surface area (Å²) >= 11 is 5.51. The van der Waals surface area contributed by atoms with E-state index in [1.165, 1.54) is 0 Å². The Labute approximate surface area is 162 Å². The Hall–Kier alpha value is -3.06. The van der Waals surface area contributed by atoms with Crippen LogP contribution in [0.4, 0.5) is 0 Å². The first-order valence-electron chi connectivity index (χ1n) is 8.63. The van der Waals surface area contributed by atoms with Crippen molar-refractivity contribution >= 4 is 34.1 Å². The highest BCUT2D eigenvalue weighted by molar-refractivity contribution is 7.80. The second-order valence-electron chi connectivity index (χ2n) is 6.17. The number of thiocarbonyl (C=S) groups is 1. The third-order valence-electron chi connectivity index (χ3n) is 4.64. The molecular weight excluding hydrogens is 358 g/mol. The molecule has 27 heavy (non-hydrogen) atoms. The van der Waals surface area contributed by atoms with Crippen molar-refractivity contribution in [2.75, 3.05) is 14.2 Å². The molecule has 0 spiro atoms. The molecule has 3 aromatic rings. The van der Waals surface area contributed by atoms with Gasteiger partial charge in [0.2, 0.25) is 0 Å². The van der Waals surface area contributed by atoms with Crippen LogP contribution >= 0.6 is 12.2 Å². The maximum absolute atomic E-state index is 5.51. The van der Waals surface area contributed by atoms with Crippen LogP contribution in [0.2, 0.25) is 0 Å². The number of hydrogen-bond donors (Lipinski definition) is 1. The van der Waals surface area contributed by atoms with Gasteiger partial charge in [0.15, 0.2) is 5.11 Å². The van der Waals surface area contributed by atoms with E-state index in [1.807, 2.05) is 48.5 Å². The molecule has 136 valence electrons. The van der Waals surface area contributed by atoms with E-state index in [-0.39, 0.29) is 6.04 Å². The molecule has 2 heterocycles. The molecule has 1 aliphatic heterocycles. The molecule has 1 atom stereocenters. The van der Waals surface area contributed by atoms with Crippen LogP contribution in [0.25, 0.3) is 11.0 Å². The molecule has 6 nitrogen and oxygen atoms in total. The van der Waals surface area contributed by atoms with Crippen LogP contribution in [-0.4, -0.2) is 40.0 Å². The molecule has 0 radical (unpaired) electrons. The predicted octanol–water partition coefficient (Wildman–Crippen LogP) is 3.29. The minimum Gasteiger partial charge on any atom is -0.497 e. The summed E-state index contributed by atoms with van der Waals surface area (Å²) in [6.45, 7) is 0. The van der Waals surface area contributed by atoms with Gasteiger partial charge in [0.05, 0.1) is 29.9 Å². The largest absolute Gasteiger partial charge is 0.497 e. The number of benzene rings is 2. The molecule has 0 fully saturated rings. The molecule has 2 aromatic carbocycles. The van der Waals surface area contributed by atoms with Crippen LogP contribution in [0.1, 0.15) is 23.6 Å². The number of aromatic nitrogens is 2.